The summed E-state index contributed by atoms with van der Waals surface area (Å²) in [5, 5.41) is 11.5. The van der Waals surface area contributed by atoms with E-state index in [4.69, 9.17) is 25.8 Å². The first kappa shape index (κ1) is 23.6. The Morgan fingerprint density at radius 2 is 1.75 bits per heavy atom. The lowest BCUT2D eigenvalue weighted by Gasteiger charge is -2.25. The molecule has 1 unspecified atom stereocenters. The number of rotatable bonds is 8. The van der Waals surface area contributed by atoms with Gasteiger partial charge < -0.3 is 24.2 Å². The van der Waals surface area contributed by atoms with Crippen LogP contribution in [-0.2, 0) is 14.3 Å². The van der Waals surface area contributed by atoms with E-state index >= 15 is 0 Å². The lowest BCUT2D eigenvalue weighted by Crippen LogP contribution is -2.33. The van der Waals surface area contributed by atoms with Gasteiger partial charge in [-0.3, -0.25) is 9.59 Å². The van der Waals surface area contributed by atoms with E-state index in [0.717, 1.165) is 0 Å². The maximum atomic E-state index is 13.1. The first-order chi connectivity index (χ1) is 15.3. The highest BCUT2D eigenvalue weighted by atomic mass is 35.5. The summed E-state index contributed by atoms with van der Waals surface area (Å²) in [7, 11) is 2.89. The van der Waals surface area contributed by atoms with Gasteiger partial charge in [-0.05, 0) is 25.5 Å². The van der Waals surface area contributed by atoms with Crippen molar-refractivity contribution in [2.45, 2.75) is 26.0 Å². The third-order valence-electron chi connectivity index (χ3n) is 5.17. The van der Waals surface area contributed by atoms with Gasteiger partial charge in [0.1, 0.15) is 17.3 Å². The van der Waals surface area contributed by atoms with Crippen LogP contribution >= 0.6 is 11.6 Å². The van der Waals surface area contributed by atoms with E-state index in [1.807, 2.05) is 32.0 Å². The average molecular weight is 460 g/mol. The van der Waals surface area contributed by atoms with Crippen LogP contribution in [0.5, 0.6) is 11.5 Å². The van der Waals surface area contributed by atoms with Crippen molar-refractivity contribution in [3.8, 4) is 11.5 Å². The van der Waals surface area contributed by atoms with Gasteiger partial charge in [0.15, 0.2) is 0 Å². The lowest BCUT2D eigenvalue weighted by atomic mass is 9.95. The normalized spacial score (nSPS) is 17.8. The number of ether oxygens (including phenoxy) is 3. The number of hydrogen-bond acceptors (Lipinski definition) is 6. The summed E-state index contributed by atoms with van der Waals surface area (Å²) in [6.45, 7) is 4.23. The number of aliphatic hydroxyl groups is 1. The van der Waals surface area contributed by atoms with Crippen LogP contribution in [0, 0.1) is 0 Å². The number of carbonyl (C=O) groups is 2. The minimum absolute atomic E-state index is 0.0206. The molecule has 1 saturated heterocycles. The van der Waals surface area contributed by atoms with E-state index in [1.165, 1.54) is 31.3 Å². The first-order valence-electron chi connectivity index (χ1n) is 10.2. The predicted octanol–water partition coefficient (Wildman–Crippen LogP) is 4.20. The van der Waals surface area contributed by atoms with Crippen molar-refractivity contribution in [2.75, 3.05) is 27.4 Å². The summed E-state index contributed by atoms with van der Waals surface area (Å²) in [4.78, 5) is 27.4. The van der Waals surface area contributed by atoms with E-state index in [0.29, 0.717) is 11.3 Å². The molecule has 1 aliphatic heterocycles. The lowest BCUT2D eigenvalue weighted by molar-refractivity contribution is -0.140. The summed E-state index contributed by atoms with van der Waals surface area (Å²) in [6.07, 6.45) is -0.0206. The number of Topliss-reactive ketones (excluding diaryl/α,β-unsaturated/α-hetero) is 1. The molecule has 1 N–H and O–H groups in total. The van der Waals surface area contributed by atoms with Gasteiger partial charge in [0, 0.05) is 12.6 Å². The number of nitrogens with zero attached hydrogens (tertiary/aromatic N) is 1. The molecule has 1 atom stereocenters. The summed E-state index contributed by atoms with van der Waals surface area (Å²) in [5.74, 6) is -1.25. The topological polar surface area (TPSA) is 85.3 Å². The molecule has 32 heavy (non-hydrogen) atoms. The van der Waals surface area contributed by atoms with Gasteiger partial charge in [-0.25, -0.2) is 0 Å². The fraction of sp³-hybridized carbons (Fsp3) is 0.333. The van der Waals surface area contributed by atoms with Gasteiger partial charge >= 0.3 is 0 Å². The maximum absolute atomic E-state index is 13.1. The Hall–Kier alpha value is -3.03. The zero-order valence-corrected chi connectivity index (χ0v) is 19.2. The zero-order valence-electron chi connectivity index (χ0n) is 18.4. The number of methoxy groups -OCH3 is 2. The molecule has 1 amide bonds. The van der Waals surface area contributed by atoms with Crippen LogP contribution in [0.1, 0.15) is 31.0 Å². The van der Waals surface area contributed by atoms with E-state index in [2.05, 4.69) is 0 Å². The van der Waals surface area contributed by atoms with Gasteiger partial charge in [-0.2, -0.15) is 0 Å². The minimum Gasteiger partial charge on any atom is -0.507 e. The number of carbonyl (C=O) groups excluding carboxylic acids is 2. The van der Waals surface area contributed by atoms with Crippen molar-refractivity contribution in [1.82, 2.24) is 4.90 Å². The molecule has 0 spiro atoms. The third-order valence-corrected chi connectivity index (χ3v) is 5.46. The van der Waals surface area contributed by atoms with Gasteiger partial charge in [0.2, 0.25) is 0 Å². The number of benzene rings is 2. The molecule has 0 bridgehead atoms. The van der Waals surface area contributed by atoms with E-state index in [-0.39, 0.29) is 46.9 Å². The van der Waals surface area contributed by atoms with Crippen LogP contribution in [0.15, 0.2) is 48.0 Å². The zero-order chi connectivity index (χ0) is 23.4. The third kappa shape index (κ3) is 4.59. The molecule has 0 aliphatic carbocycles. The quantitative estimate of drug-likeness (QED) is 0.361. The SMILES string of the molecule is COc1cc(OC)c(/C(O)=C2\C(=O)C(=O)N(CCOC(C)C)C2c2ccccc2)cc1Cl. The summed E-state index contributed by atoms with van der Waals surface area (Å²) in [5.41, 5.74) is 0.845. The molecule has 2 aromatic rings. The van der Waals surface area contributed by atoms with Gasteiger partial charge in [-0.1, -0.05) is 41.9 Å². The largest absolute Gasteiger partial charge is 0.507 e. The highest BCUT2D eigenvalue weighted by molar-refractivity contribution is 6.46. The molecular weight excluding hydrogens is 434 g/mol. The van der Waals surface area contributed by atoms with E-state index in [9.17, 15) is 14.7 Å². The predicted molar refractivity (Wildman–Crippen MR) is 121 cm³/mol. The second kappa shape index (κ2) is 10.1. The molecule has 1 aliphatic rings. The molecule has 0 saturated carbocycles. The Labute approximate surface area is 192 Å². The molecule has 1 heterocycles. The number of hydrogen-bond donors (Lipinski definition) is 1. The van der Waals surface area contributed by atoms with Gasteiger partial charge in [0.25, 0.3) is 11.7 Å². The van der Waals surface area contributed by atoms with Crippen molar-refractivity contribution in [2.24, 2.45) is 0 Å². The smallest absolute Gasteiger partial charge is 0.295 e. The van der Waals surface area contributed by atoms with Crippen molar-refractivity contribution >= 4 is 29.1 Å². The Morgan fingerprint density at radius 3 is 2.34 bits per heavy atom. The number of amides is 1. The van der Waals surface area contributed by atoms with Crippen molar-refractivity contribution in [3.63, 3.8) is 0 Å². The molecule has 0 radical (unpaired) electrons. The fourth-order valence-corrected chi connectivity index (χ4v) is 3.91. The van der Waals surface area contributed by atoms with Crippen molar-refractivity contribution in [3.05, 3.63) is 64.2 Å². The molecule has 1 fully saturated rings. The van der Waals surface area contributed by atoms with E-state index < -0.39 is 17.7 Å². The standard InChI is InChI=1S/C24H26ClNO6/c1-14(2)32-11-10-26-21(15-8-6-5-7-9-15)20(23(28)24(26)29)22(27)16-12-17(25)19(31-4)13-18(16)30-3/h5-9,12-14,21,27H,10-11H2,1-4H3/b22-20+. The van der Waals surface area contributed by atoms with Crippen molar-refractivity contribution < 1.29 is 28.9 Å². The van der Waals surface area contributed by atoms with Crippen molar-refractivity contribution in [1.29, 1.82) is 0 Å². The van der Waals surface area contributed by atoms with Crippen LogP contribution in [0.3, 0.4) is 0 Å². The Bertz CT molecular complexity index is 1030. The molecule has 7 nitrogen and oxygen atoms in total. The number of likely N-dealkylation sites (tertiary alicyclic amines) is 1. The molecule has 0 aromatic heterocycles. The van der Waals surface area contributed by atoms with Crippen LogP contribution in [-0.4, -0.2) is 55.2 Å². The first-order valence-corrected chi connectivity index (χ1v) is 10.5. The minimum atomic E-state index is -0.783. The second-order valence-electron chi connectivity index (χ2n) is 7.51. The fourth-order valence-electron chi connectivity index (χ4n) is 3.67. The molecule has 2 aromatic carbocycles. The molecule has 8 heteroatoms. The number of halogens is 1. The summed E-state index contributed by atoms with van der Waals surface area (Å²) < 4.78 is 16.2. The Morgan fingerprint density at radius 1 is 1.09 bits per heavy atom. The van der Waals surface area contributed by atoms with Crippen LogP contribution in [0.4, 0.5) is 0 Å². The van der Waals surface area contributed by atoms with Gasteiger partial charge in [-0.15, -0.1) is 0 Å². The molecular formula is C24H26ClNO6. The van der Waals surface area contributed by atoms with E-state index in [1.54, 1.807) is 12.1 Å². The number of aliphatic hydroxyl groups excluding tert-OH is 1. The van der Waals surface area contributed by atoms with Crippen LogP contribution in [0.25, 0.3) is 5.76 Å². The highest BCUT2D eigenvalue weighted by Gasteiger charge is 2.46. The van der Waals surface area contributed by atoms with Crippen LogP contribution in [0.2, 0.25) is 5.02 Å². The monoisotopic (exact) mass is 459 g/mol. The Kier molecular flexibility index (Phi) is 7.43. The summed E-state index contributed by atoms with van der Waals surface area (Å²) in [6, 6.07) is 11.3. The number of ketones is 1. The Balaban J connectivity index is 2.16. The summed E-state index contributed by atoms with van der Waals surface area (Å²) >= 11 is 6.26. The molecule has 170 valence electrons. The maximum Gasteiger partial charge on any atom is 0.295 e. The highest BCUT2D eigenvalue weighted by Crippen LogP contribution is 2.42. The van der Waals surface area contributed by atoms with Crippen LogP contribution < -0.4 is 9.47 Å². The van der Waals surface area contributed by atoms with Gasteiger partial charge in [0.05, 0.1) is 49.1 Å². The average Bonchev–Trinajstić information content (AvgIpc) is 3.03. The second-order valence-corrected chi connectivity index (χ2v) is 7.92. The molecule has 3 rings (SSSR count).